The second kappa shape index (κ2) is 7.84. The predicted molar refractivity (Wildman–Crippen MR) is 70.4 cm³/mol. The quantitative estimate of drug-likeness (QED) is 0.735. The Morgan fingerprint density at radius 2 is 2.06 bits per heavy atom. The molecule has 18 heavy (non-hydrogen) atoms. The number of aliphatic hydroxyl groups excluding tert-OH is 1. The molecule has 1 aromatic rings. The first-order valence-corrected chi connectivity index (χ1v) is 6.28. The summed E-state index contributed by atoms with van der Waals surface area (Å²) in [6, 6.07) is 7.99. The Balaban J connectivity index is 2.60. The van der Waals surface area contributed by atoms with Gasteiger partial charge in [0.2, 0.25) is 0 Å². The molecule has 100 valence electrons. The van der Waals surface area contributed by atoms with Gasteiger partial charge in [-0.05, 0) is 24.1 Å². The Labute approximate surface area is 108 Å². The lowest BCUT2D eigenvalue weighted by Gasteiger charge is -2.19. The number of nitrogens with zero attached hydrogens (tertiary/aromatic N) is 1. The molecule has 0 spiro atoms. The number of likely N-dealkylation sites (N-methyl/N-ethyl adjacent to an activating group) is 1. The van der Waals surface area contributed by atoms with E-state index in [1.54, 1.807) is 0 Å². The Kier molecular flexibility index (Phi) is 6.39. The summed E-state index contributed by atoms with van der Waals surface area (Å²) >= 11 is 0. The first-order valence-electron chi connectivity index (χ1n) is 6.28. The number of rotatable bonds is 8. The van der Waals surface area contributed by atoms with E-state index >= 15 is 0 Å². The molecule has 0 radical (unpaired) electrons. The summed E-state index contributed by atoms with van der Waals surface area (Å²) in [4.78, 5) is 12.7. The summed E-state index contributed by atoms with van der Waals surface area (Å²) in [5.74, 6) is -0.768. The first-order chi connectivity index (χ1) is 8.65. The van der Waals surface area contributed by atoms with Crippen molar-refractivity contribution in [3.63, 3.8) is 0 Å². The largest absolute Gasteiger partial charge is 0.481 e. The smallest absolute Gasteiger partial charge is 0.303 e. The average molecular weight is 251 g/mol. The molecule has 0 amide bonds. The topological polar surface area (TPSA) is 60.8 Å². The number of benzene rings is 1. The molecule has 0 saturated heterocycles. The van der Waals surface area contributed by atoms with Crippen molar-refractivity contribution in [1.82, 2.24) is 4.90 Å². The highest BCUT2D eigenvalue weighted by atomic mass is 16.4. The van der Waals surface area contributed by atoms with Crippen LogP contribution in [0.2, 0.25) is 0 Å². The minimum absolute atomic E-state index is 0.159. The van der Waals surface area contributed by atoms with Crippen LogP contribution >= 0.6 is 0 Å². The molecule has 0 fully saturated rings. The molecule has 4 heteroatoms. The van der Waals surface area contributed by atoms with E-state index in [4.69, 9.17) is 10.2 Å². The van der Waals surface area contributed by atoms with Gasteiger partial charge in [0.25, 0.3) is 0 Å². The molecule has 0 unspecified atom stereocenters. The van der Waals surface area contributed by atoms with E-state index in [9.17, 15) is 4.79 Å². The Hall–Kier alpha value is -1.39. The number of carbonyl (C=O) groups is 1. The molecule has 4 nitrogen and oxygen atoms in total. The van der Waals surface area contributed by atoms with E-state index in [1.807, 2.05) is 24.3 Å². The number of aryl methyl sites for hydroxylation is 1. The zero-order valence-corrected chi connectivity index (χ0v) is 10.8. The van der Waals surface area contributed by atoms with Crippen molar-refractivity contribution in [2.24, 2.45) is 0 Å². The van der Waals surface area contributed by atoms with Crippen LogP contribution in [0.5, 0.6) is 0 Å². The zero-order valence-electron chi connectivity index (χ0n) is 10.8. The first kappa shape index (κ1) is 14.7. The fraction of sp³-hybridized carbons (Fsp3) is 0.500. The molecule has 0 aromatic heterocycles. The highest BCUT2D eigenvalue weighted by Gasteiger charge is 2.04. The summed E-state index contributed by atoms with van der Waals surface area (Å²) in [6.45, 7) is 4.56. The van der Waals surface area contributed by atoms with Gasteiger partial charge in [-0.1, -0.05) is 31.2 Å². The molecular formula is C14H21NO3. The molecule has 1 rings (SSSR count). The lowest BCUT2D eigenvalue weighted by molar-refractivity contribution is -0.136. The molecule has 1 aromatic carbocycles. The van der Waals surface area contributed by atoms with E-state index in [1.165, 1.54) is 0 Å². The molecule has 0 bridgehead atoms. The van der Waals surface area contributed by atoms with Crippen molar-refractivity contribution in [1.29, 1.82) is 0 Å². The molecule has 2 N–H and O–H groups in total. The third-order valence-electron chi connectivity index (χ3n) is 2.89. The van der Waals surface area contributed by atoms with Gasteiger partial charge in [-0.2, -0.15) is 0 Å². The fourth-order valence-corrected chi connectivity index (χ4v) is 1.88. The van der Waals surface area contributed by atoms with Crippen molar-refractivity contribution >= 4 is 5.97 Å². The minimum atomic E-state index is -0.768. The normalized spacial score (nSPS) is 10.8. The van der Waals surface area contributed by atoms with Crippen LogP contribution in [0.25, 0.3) is 0 Å². The third-order valence-corrected chi connectivity index (χ3v) is 2.89. The van der Waals surface area contributed by atoms with E-state index < -0.39 is 5.97 Å². The Morgan fingerprint density at radius 3 is 2.67 bits per heavy atom. The van der Waals surface area contributed by atoms with Gasteiger partial charge >= 0.3 is 5.97 Å². The minimum Gasteiger partial charge on any atom is -0.481 e. The summed E-state index contributed by atoms with van der Waals surface area (Å²) in [5.41, 5.74) is 2.21. The molecule has 0 aliphatic rings. The highest BCUT2D eigenvalue weighted by Crippen LogP contribution is 2.10. The van der Waals surface area contributed by atoms with Gasteiger partial charge in [-0.25, -0.2) is 0 Å². The van der Waals surface area contributed by atoms with Gasteiger partial charge < -0.3 is 10.2 Å². The molecular weight excluding hydrogens is 230 g/mol. The van der Waals surface area contributed by atoms with Crippen LogP contribution in [0, 0.1) is 0 Å². The van der Waals surface area contributed by atoms with Gasteiger partial charge in [0, 0.05) is 19.5 Å². The second-order valence-electron chi connectivity index (χ2n) is 4.31. The van der Waals surface area contributed by atoms with Crippen molar-refractivity contribution in [3.8, 4) is 0 Å². The van der Waals surface area contributed by atoms with E-state index in [0.717, 1.165) is 24.2 Å². The Morgan fingerprint density at radius 1 is 1.33 bits per heavy atom. The van der Waals surface area contributed by atoms with Crippen LogP contribution in [-0.4, -0.2) is 40.8 Å². The summed E-state index contributed by atoms with van der Waals surface area (Å²) < 4.78 is 0. The monoisotopic (exact) mass is 251 g/mol. The summed E-state index contributed by atoms with van der Waals surface area (Å²) in [6.07, 6.45) is 0.729. The maximum absolute atomic E-state index is 10.5. The molecule has 0 saturated carbocycles. The Bertz CT molecular complexity index is 379. The van der Waals surface area contributed by atoms with Crippen LogP contribution in [0.15, 0.2) is 24.3 Å². The number of carboxylic acid groups (broad SMARTS) is 1. The number of carboxylic acids is 1. The predicted octanol–water partition coefficient (Wildman–Crippen LogP) is 1.52. The number of aliphatic hydroxyl groups is 1. The zero-order chi connectivity index (χ0) is 13.4. The van der Waals surface area contributed by atoms with Crippen molar-refractivity contribution in [2.75, 3.05) is 19.7 Å². The van der Waals surface area contributed by atoms with Gasteiger partial charge in [-0.15, -0.1) is 0 Å². The van der Waals surface area contributed by atoms with Crippen LogP contribution in [0.4, 0.5) is 0 Å². The van der Waals surface area contributed by atoms with Crippen molar-refractivity contribution in [2.45, 2.75) is 26.3 Å². The lowest BCUT2D eigenvalue weighted by Crippen LogP contribution is -2.26. The number of aliphatic carboxylic acids is 1. The fourth-order valence-electron chi connectivity index (χ4n) is 1.88. The highest BCUT2D eigenvalue weighted by molar-refractivity contribution is 5.67. The van der Waals surface area contributed by atoms with Crippen LogP contribution in [-0.2, 0) is 17.8 Å². The van der Waals surface area contributed by atoms with Gasteiger partial charge in [-0.3, -0.25) is 9.69 Å². The average Bonchev–Trinajstić information content (AvgIpc) is 2.36. The molecule has 0 atom stereocenters. The van der Waals surface area contributed by atoms with E-state index in [2.05, 4.69) is 11.8 Å². The second-order valence-corrected chi connectivity index (χ2v) is 4.31. The van der Waals surface area contributed by atoms with Gasteiger partial charge in [0.1, 0.15) is 0 Å². The molecule has 0 aliphatic heterocycles. The summed E-state index contributed by atoms with van der Waals surface area (Å²) in [5, 5.41) is 17.6. The molecule has 0 heterocycles. The van der Waals surface area contributed by atoms with Crippen molar-refractivity contribution < 1.29 is 15.0 Å². The number of hydrogen-bond donors (Lipinski definition) is 2. The van der Waals surface area contributed by atoms with E-state index in [0.29, 0.717) is 13.0 Å². The third kappa shape index (κ3) is 5.29. The van der Waals surface area contributed by atoms with Crippen molar-refractivity contribution in [3.05, 3.63) is 35.4 Å². The van der Waals surface area contributed by atoms with Gasteiger partial charge in [0.15, 0.2) is 0 Å². The van der Waals surface area contributed by atoms with Crippen LogP contribution < -0.4 is 0 Å². The van der Waals surface area contributed by atoms with E-state index in [-0.39, 0.29) is 13.0 Å². The molecule has 0 aliphatic carbocycles. The maximum atomic E-state index is 10.5. The SMILES string of the molecule is CCN(CCO)Cc1cccc(CCC(=O)O)c1. The maximum Gasteiger partial charge on any atom is 0.303 e. The van der Waals surface area contributed by atoms with Gasteiger partial charge in [0.05, 0.1) is 6.61 Å². The van der Waals surface area contributed by atoms with Crippen LogP contribution in [0.3, 0.4) is 0 Å². The number of hydrogen-bond acceptors (Lipinski definition) is 3. The lowest BCUT2D eigenvalue weighted by atomic mass is 10.1. The van der Waals surface area contributed by atoms with Crippen LogP contribution in [0.1, 0.15) is 24.5 Å². The standard InChI is InChI=1S/C14H21NO3/c1-2-15(8-9-16)11-13-5-3-4-12(10-13)6-7-14(17)18/h3-5,10,16H,2,6-9,11H2,1H3,(H,17,18). The summed E-state index contributed by atoms with van der Waals surface area (Å²) in [7, 11) is 0.